The third-order valence-corrected chi connectivity index (χ3v) is 2.53. The van der Waals surface area contributed by atoms with Gasteiger partial charge in [0.25, 0.3) is 0 Å². The molecule has 2 aromatic rings. The van der Waals surface area contributed by atoms with E-state index in [-0.39, 0.29) is 22.3 Å². The van der Waals surface area contributed by atoms with Gasteiger partial charge in [-0.3, -0.25) is 10.1 Å². The fourth-order valence-corrected chi connectivity index (χ4v) is 1.57. The fraction of sp³-hybridized carbons (Fsp3) is 0. The van der Waals surface area contributed by atoms with Crippen molar-refractivity contribution in [3.05, 3.63) is 45.5 Å². The molecule has 0 saturated heterocycles. The molecule has 19 heavy (non-hydrogen) atoms. The largest absolute Gasteiger partial charge is 0.378 e. The monoisotopic (exact) mass is 283 g/mol. The smallest absolute Gasteiger partial charge is 0.353 e. The number of nitrogens with zero attached hydrogens (tertiary/aromatic N) is 3. The molecule has 3 N–H and O–H groups in total. The van der Waals surface area contributed by atoms with Crippen LogP contribution >= 0.6 is 11.6 Å². The Balaban J connectivity index is 2.47. The zero-order valence-electron chi connectivity index (χ0n) is 9.30. The van der Waals surface area contributed by atoms with Crippen molar-refractivity contribution < 1.29 is 9.31 Å². The van der Waals surface area contributed by atoms with Crippen molar-refractivity contribution in [2.24, 2.45) is 0 Å². The van der Waals surface area contributed by atoms with Crippen LogP contribution in [0.3, 0.4) is 0 Å². The van der Waals surface area contributed by atoms with Gasteiger partial charge in [-0.1, -0.05) is 17.7 Å². The maximum Gasteiger partial charge on any atom is 0.353 e. The van der Waals surface area contributed by atoms with E-state index in [1.54, 1.807) is 0 Å². The first-order chi connectivity index (χ1) is 9.00. The number of benzene rings is 1. The van der Waals surface area contributed by atoms with Crippen LogP contribution < -0.4 is 11.1 Å². The average Bonchev–Trinajstić information content (AvgIpc) is 2.34. The Hall–Kier alpha value is -2.48. The van der Waals surface area contributed by atoms with Gasteiger partial charge < -0.3 is 11.1 Å². The topological polar surface area (TPSA) is 107 Å². The van der Waals surface area contributed by atoms with Crippen molar-refractivity contribution >= 4 is 34.6 Å². The summed E-state index contributed by atoms with van der Waals surface area (Å²) in [4.78, 5) is 17.3. The molecule has 0 spiro atoms. The van der Waals surface area contributed by atoms with Crippen molar-refractivity contribution in [2.75, 3.05) is 11.1 Å². The summed E-state index contributed by atoms with van der Waals surface area (Å²) < 4.78 is 13.7. The highest BCUT2D eigenvalue weighted by atomic mass is 35.5. The van der Waals surface area contributed by atoms with Crippen LogP contribution in [0.2, 0.25) is 5.02 Å². The molecule has 0 bridgehead atoms. The van der Waals surface area contributed by atoms with E-state index in [0.29, 0.717) is 0 Å². The lowest BCUT2D eigenvalue weighted by Gasteiger charge is -2.08. The third kappa shape index (κ3) is 2.52. The molecular formula is C10H7ClFN5O2. The summed E-state index contributed by atoms with van der Waals surface area (Å²) >= 11 is 5.61. The number of nitro groups is 1. The highest BCUT2D eigenvalue weighted by Gasteiger charge is 2.22. The zero-order chi connectivity index (χ0) is 14.0. The zero-order valence-corrected chi connectivity index (χ0v) is 10.1. The second-order valence-electron chi connectivity index (χ2n) is 3.44. The molecule has 9 heteroatoms. The van der Waals surface area contributed by atoms with Gasteiger partial charge in [-0.15, -0.1) is 0 Å². The molecule has 0 fully saturated rings. The molecule has 0 aliphatic rings. The molecule has 0 aliphatic carbocycles. The van der Waals surface area contributed by atoms with Crippen LogP contribution in [-0.4, -0.2) is 14.9 Å². The molecule has 2 rings (SSSR count). The van der Waals surface area contributed by atoms with E-state index in [0.717, 1.165) is 6.33 Å². The minimum Gasteiger partial charge on any atom is -0.378 e. The summed E-state index contributed by atoms with van der Waals surface area (Å²) in [6.07, 6.45) is 1.03. The molecule has 98 valence electrons. The van der Waals surface area contributed by atoms with E-state index in [1.165, 1.54) is 18.2 Å². The van der Waals surface area contributed by atoms with Crippen LogP contribution in [0.5, 0.6) is 0 Å². The first-order valence-corrected chi connectivity index (χ1v) is 5.34. The van der Waals surface area contributed by atoms with Crippen molar-refractivity contribution in [3.8, 4) is 0 Å². The Morgan fingerprint density at radius 1 is 1.42 bits per heavy atom. The normalized spacial score (nSPS) is 10.2. The Morgan fingerprint density at radius 3 is 2.84 bits per heavy atom. The molecule has 0 atom stereocenters. The molecule has 0 saturated carbocycles. The van der Waals surface area contributed by atoms with E-state index in [2.05, 4.69) is 15.3 Å². The maximum atomic E-state index is 13.7. The first kappa shape index (κ1) is 13.0. The second kappa shape index (κ2) is 5.02. The van der Waals surface area contributed by atoms with Gasteiger partial charge in [0, 0.05) is 0 Å². The average molecular weight is 284 g/mol. The van der Waals surface area contributed by atoms with E-state index >= 15 is 0 Å². The van der Waals surface area contributed by atoms with Crippen LogP contribution in [0.25, 0.3) is 0 Å². The van der Waals surface area contributed by atoms with Gasteiger partial charge in [0.1, 0.15) is 6.33 Å². The summed E-state index contributed by atoms with van der Waals surface area (Å²) in [6, 6.07) is 4.21. The molecule has 0 radical (unpaired) electrons. The Bertz CT molecular complexity index is 652. The maximum absolute atomic E-state index is 13.7. The number of rotatable bonds is 3. The summed E-state index contributed by atoms with van der Waals surface area (Å²) in [5, 5.41) is 13.2. The van der Waals surface area contributed by atoms with Gasteiger partial charge in [0.15, 0.2) is 5.82 Å². The van der Waals surface area contributed by atoms with Gasteiger partial charge in [0.2, 0.25) is 11.6 Å². The lowest BCUT2D eigenvalue weighted by molar-refractivity contribution is -0.383. The van der Waals surface area contributed by atoms with Crippen LogP contribution in [0, 0.1) is 15.9 Å². The number of aromatic nitrogens is 2. The summed E-state index contributed by atoms with van der Waals surface area (Å²) in [7, 11) is 0. The lowest BCUT2D eigenvalue weighted by atomic mass is 10.3. The molecule has 0 unspecified atom stereocenters. The van der Waals surface area contributed by atoms with Crippen molar-refractivity contribution in [2.45, 2.75) is 0 Å². The van der Waals surface area contributed by atoms with Gasteiger partial charge in [-0.2, -0.15) is 0 Å². The van der Waals surface area contributed by atoms with Crippen LogP contribution in [0.4, 0.5) is 27.4 Å². The van der Waals surface area contributed by atoms with Crippen molar-refractivity contribution in [1.82, 2.24) is 9.97 Å². The standard InChI is InChI=1S/C10H7ClFN5O2/c11-5-2-1-3-6(7(5)12)16-10-8(17(18)19)9(13)14-4-15-10/h1-4H,(H3,13,14,15,16). The molecule has 1 heterocycles. The van der Waals surface area contributed by atoms with E-state index in [9.17, 15) is 14.5 Å². The summed E-state index contributed by atoms with van der Waals surface area (Å²) in [6.45, 7) is 0. The first-order valence-electron chi connectivity index (χ1n) is 4.96. The number of nitrogens with two attached hydrogens (primary N) is 1. The van der Waals surface area contributed by atoms with Gasteiger partial charge >= 0.3 is 5.69 Å². The number of hydrogen-bond donors (Lipinski definition) is 2. The number of hydrogen-bond acceptors (Lipinski definition) is 6. The highest BCUT2D eigenvalue weighted by Crippen LogP contribution is 2.31. The van der Waals surface area contributed by atoms with Crippen molar-refractivity contribution in [1.29, 1.82) is 0 Å². The number of nitrogens with one attached hydrogen (secondary N) is 1. The Morgan fingerprint density at radius 2 is 2.16 bits per heavy atom. The van der Waals surface area contributed by atoms with Gasteiger partial charge in [-0.05, 0) is 12.1 Å². The highest BCUT2D eigenvalue weighted by molar-refractivity contribution is 6.31. The third-order valence-electron chi connectivity index (χ3n) is 2.24. The minimum absolute atomic E-state index is 0.0475. The fourth-order valence-electron chi connectivity index (χ4n) is 1.39. The van der Waals surface area contributed by atoms with Crippen LogP contribution in [-0.2, 0) is 0 Å². The number of nitrogen functional groups attached to an aromatic ring is 1. The van der Waals surface area contributed by atoms with Crippen LogP contribution in [0.15, 0.2) is 24.5 Å². The van der Waals surface area contributed by atoms with Crippen LogP contribution in [0.1, 0.15) is 0 Å². The predicted molar refractivity (Wildman–Crippen MR) is 67.8 cm³/mol. The summed E-state index contributed by atoms with van der Waals surface area (Å²) in [5.74, 6) is -1.26. The summed E-state index contributed by atoms with van der Waals surface area (Å²) in [5.41, 5.74) is 4.82. The lowest BCUT2D eigenvalue weighted by Crippen LogP contribution is -2.05. The van der Waals surface area contributed by atoms with E-state index in [4.69, 9.17) is 17.3 Å². The number of halogens is 2. The second-order valence-corrected chi connectivity index (χ2v) is 3.85. The molecule has 7 nitrogen and oxygen atoms in total. The van der Waals surface area contributed by atoms with E-state index < -0.39 is 16.4 Å². The van der Waals surface area contributed by atoms with Crippen molar-refractivity contribution in [3.63, 3.8) is 0 Å². The molecule has 1 aromatic heterocycles. The SMILES string of the molecule is Nc1ncnc(Nc2cccc(Cl)c2F)c1[N+](=O)[O-]. The predicted octanol–water partition coefficient (Wildman–Crippen LogP) is 2.50. The molecule has 0 amide bonds. The minimum atomic E-state index is -0.750. The Labute approximate surface area is 111 Å². The van der Waals surface area contributed by atoms with Gasteiger partial charge in [-0.25, -0.2) is 14.4 Å². The number of anilines is 3. The van der Waals surface area contributed by atoms with E-state index in [1.807, 2.05) is 0 Å². The quantitative estimate of drug-likeness (QED) is 0.662. The molecular weight excluding hydrogens is 277 g/mol. The molecule has 1 aromatic carbocycles. The van der Waals surface area contributed by atoms with Gasteiger partial charge in [0.05, 0.1) is 15.6 Å². The Kier molecular flexibility index (Phi) is 3.43. The molecule has 0 aliphatic heterocycles.